The lowest BCUT2D eigenvalue weighted by molar-refractivity contribution is 0.262. The minimum atomic E-state index is -0.413. The summed E-state index contributed by atoms with van der Waals surface area (Å²) in [5.41, 5.74) is 4.53. The van der Waals surface area contributed by atoms with Gasteiger partial charge in [-0.2, -0.15) is 0 Å². The van der Waals surface area contributed by atoms with Crippen molar-refractivity contribution >= 4 is 23.1 Å². The number of anilines is 2. The van der Waals surface area contributed by atoms with E-state index in [9.17, 15) is 10.0 Å². The van der Waals surface area contributed by atoms with Crippen molar-refractivity contribution < 1.29 is 28.9 Å². The molecule has 0 saturated carbocycles. The number of methoxy groups -OCH3 is 3. The smallest absolute Gasteiger partial charge is 0.323 e. The van der Waals surface area contributed by atoms with Crippen molar-refractivity contribution in [3.8, 4) is 34.1 Å². The second kappa shape index (κ2) is 14.1. The summed E-state index contributed by atoms with van der Waals surface area (Å²) in [5.74, 6) is 2.21. The van der Waals surface area contributed by atoms with E-state index >= 15 is 0 Å². The number of carbonyl (C=O) groups excluding carboxylic acids is 1. The van der Waals surface area contributed by atoms with Crippen LogP contribution in [0.25, 0.3) is 11.1 Å². The first-order chi connectivity index (χ1) is 19.2. The van der Waals surface area contributed by atoms with Crippen LogP contribution in [0.15, 0.2) is 53.7 Å². The summed E-state index contributed by atoms with van der Waals surface area (Å²) < 4.78 is 22.6. The molecule has 0 saturated heterocycles. The summed E-state index contributed by atoms with van der Waals surface area (Å²) in [6, 6.07) is 14.1. The highest BCUT2D eigenvalue weighted by Crippen LogP contribution is 2.42. The Hall–Kier alpha value is -4.44. The topological polar surface area (TPSA) is 114 Å². The molecular weight excluding hydrogens is 512 g/mol. The van der Waals surface area contributed by atoms with Gasteiger partial charge in [0, 0.05) is 35.1 Å². The largest absolute Gasteiger partial charge is 0.496 e. The van der Waals surface area contributed by atoms with E-state index in [2.05, 4.69) is 20.7 Å². The maximum Gasteiger partial charge on any atom is 0.323 e. The lowest BCUT2D eigenvalue weighted by Crippen LogP contribution is -2.20. The van der Waals surface area contributed by atoms with Crippen molar-refractivity contribution in [3.05, 3.63) is 59.7 Å². The number of rotatable bonds is 12. The lowest BCUT2D eigenvalue weighted by atomic mass is 9.99. The molecule has 0 radical (unpaired) electrons. The number of ether oxygens (including phenoxy) is 4. The number of hydrogen-bond donors (Lipinski definition) is 3. The second-order valence-electron chi connectivity index (χ2n) is 9.42. The van der Waals surface area contributed by atoms with Gasteiger partial charge in [-0.3, -0.25) is 0 Å². The molecule has 10 nitrogen and oxygen atoms in total. The van der Waals surface area contributed by atoms with Crippen molar-refractivity contribution in [2.45, 2.75) is 20.3 Å². The number of oxime groups is 1. The van der Waals surface area contributed by atoms with Crippen LogP contribution >= 0.6 is 0 Å². The molecule has 3 aromatic rings. The third-order valence-corrected chi connectivity index (χ3v) is 6.25. The maximum atomic E-state index is 13.0. The predicted molar refractivity (Wildman–Crippen MR) is 158 cm³/mol. The highest BCUT2D eigenvalue weighted by atomic mass is 16.5. The van der Waals surface area contributed by atoms with Crippen LogP contribution in [0, 0.1) is 6.92 Å². The lowest BCUT2D eigenvalue weighted by Gasteiger charge is -2.18. The highest BCUT2D eigenvalue weighted by Gasteiger charge is 2.18. The first kappa shape index (κ1) is 30.1. The van der Waals surface area contributed by atoms with Crippen molar-refractivity contribution in [2.75, 3.05) is 59.2 Å². The monoisotopic (exact) mass is 550 g/mol. The van der Waals surface area contributed by atoms with Crippen LogP contribution in [0.2, 0.25) is 0 Å². The molecule has 0 atom stereocenters. The zero-order chi connectivity index (χ0) is 29.2. The minimum absolute atomic E-state index is 0.413. The van der Waals surface area contributed by atoms with Gasteiger partial charge in [-0.15, -0.1) is 0 Å². The molecule has 0 aliphatic carbocycles. The number of hydrogen-bond acceptors (Lipinski definition) is 8. The van der Waals surface area contributed by atoms with Crippen molar-refractivity contribution in [3.63, 3.8) is 0 Å². The van der Waals surface area contributed by atoms with Gasteiger partial charge in [0.2, 0.25) is 0 Å². The van der Waals surface area contributed by atoms with E-state index in [4.69, 9.17) is 18.9 Å². The molecule has 0 unspecified atom stereocenters. The number of benzene rings is 3. The van der Waals surface area contributed by atoms with Gasteiger partial charge in [-0.05, 0) is 81.9 Å². The van der Waals surface area contributed by atoms with Crippen molar-refractivity contribution in [1.82, 2.24) is 4.90 Å². The summed E-state index contributed by atoms with van der Waals surface area (Å²) in [5, 5.41) is 18.3. The Kier molecular flexibility index (Phi) is 10.6. The van der Waals surface area contributed by atoms with Gasteiger partial charge in [0.15, 0.2) is 11.5 Å². The Balaban J connectivity index is 1.82. The quantitative estimate of drug-likeness (QED) is 0.112. The van der Waals surface area contributed by atoms with E-state index in [0.717, 1.165) is 29.8 Å². The molecule has 0 aromatic heterocycles. The van der Waals surface area contributed by atoms with Crippen LogP contribution in [0.4, 0.5) is 16.2 Å². The number of carbonyl (C=O) groups is 1. The standard InChI is InChI=1S/C30H38N4O6/c1-19-15-23(40-14-8-13-34(3)4)10-12-26(19)32-30(35)31-22-17-25(29(39-7)28(18-22)38-6)21-9-11-24(20(2)33-36)27(16-21)37-5/h9-12,15-18,36H,8,13-14H2,1-7H3,(H2,31,32,35)/b33-20+. The SMILES string of the molecule is COc1cc(-c2cc(NC(=O)Nc3ccc(OCCCN(C)C)cc3C)cc(OC)c2OC)ccc1/C(C)=N/O. The number of nitrogens with zero attached hydrogens (tertiary/aromatic N) is 2. The Morgan fingerprint density at radius 3 is 2.33 bits per heavy atom. The van der Waals surface area contributed by atoms with Crippen molar-refractivity contribution in [2.24, 2.45) is 5.16 Å². The summed E-state index contributed by atoms with van der Waals surface area (Å²) in [4.78, 5) is 15.1. The third-order valence-electron chi connectivity index (χ3n) is 6.25. The molecule has 2 amide bonds. The van der Waals surface area contributed by atoms with Gasteiger partial charge in [-0.1, -0.05) is 11.2 Å². The molecule has 0 aliphatic heterocycles. The second-order valence-corrected chi connectivity index (χ2v) is 9.42. The van der Waals surface area contributed by atoms with E-state index in [0.29, 0.717) is 52.1 Å². The molecule has 0 spiro atoms. The molecule has 40 heavy (non-hydrogen) atoms. The number of aryl methyl sites for hydroxylation is 1. The van der Waals surface area contributed by atoms with Gasteiger partial charge < -0.3 is 39.7 Å². The Morgan fingerprint density at radius 2 is 1.70 bits per heavy atom. The third kappa shape index (κ3) is 7.57. The Bertz CT molecular complexity index is 1360. The molecule has 0 bridgehead atoms. The van der Waals surface area contributed by atoms with Crippen LogP contribution in [-0.4, -0.2) is 70.4 Å². The number of urea groups is 1. The summed E-state index contributed by atoms with van der Waals surface area (Å²) in [6.45, 7) is 5.17. The average molecular weight is 551 g/mol. The Labute approximate surface area is 235 Å². The summed E-state index contributed by atoms with van der Waals surface area (Å²) in [6.07, 6.45) is 0.926. The number of nitrogens with one attached hydrogen (secondary N) is 2. The number of amides is 2. The average Bonchev–Trinajstić information content (AvgIpc) is 2.95. The van der Waals surface area contributed by atoms with Gasteiger partial charge in [-0.25, -0.2) is 4.79 Å². The van der Waals surface area contributed by atoms with Gasteiger partial charge >= 0.3 is 6.03 Å². The van der Waals surface area contributed by atoms with E-state index < -0.39 is 6.03 Å². The molecule has 0 heterocycles. The predicted octanol–water partition coefficient (Wildman–Crippen LogP) is 5.86. The van der Waals surface area contributed by atoms with Crippen LogP contribution < -0.4 is 29.6 Å². The molecule has 0 fully saturated rings. The van der Waals surface area contributed by atoms with E-state index in [1.807, 2.05) is 45.3 Å². The molecule has 3 aromatic carbocycles. The molecule has 10 heteroatoms. The zero-order valence-corrected chi connectivity index (χ0v) is 24.1. The zero-order valence-electron chi connectivity index (χ0n) is 24.1. The van der Waals surface area contributed by atoms with Crippen LogP contribution in [0.1, 0.15) is 24.5 Å². The Morgan fingerprint density at radius 1 is 0.950 bits per heavy atom. The van der Waals surface area contributed by atoms with Crippen LogP contribution in [0.5, 0.6) is 23.0 Å². The molecule has 3 rings (SSSR count). The fourth-order valence-corrected chi connectivity index (χ4v) is 4.18. The molecule has 214 valence electrons. The van der Waals surface area contributed by atoms with Crippen LogP contribution in [-0.2, 0) is 0 Å². The molecular formula is C30H38N4O6. The summed E-state index contributed by atoms with van der Waals surface area (Å²) >= 11 is 0. The van der Waals surface area contributed by atoms with Crippen molar-refractivity contribution in [1.29, 1.82) is 0 Å². The fourth-order valence-electron chi connectivity index (χ4n) is 4.18. The van der Waals surface area contributed by atoms with E-state index in [1.54, 1.807) is 45.4 Å². The molecule has 3 N–H and O–H groups in total. The molecule has 0 aliphatic rings. The normalized spacial score (nSPS) is 11.2. The van der Waals surface area contributed by atoms with Gasteiger partial charge in [0.05, 0.1) is 33.6 Å². The first-order valence-corrected chi connectivity index (χ1v) is 12.8. The fraction of sp³-hybridized carbons (Fsp3) is 0.333. The first-order valence-electron chi connectivity index (χ1n) is 12.8. The van der Waals surface area contributed by atoms with E-state index in [-0.39, 0.29) is 0 Å². The van der Waals surface area contributed by atoms with Gasteiger partial charge in [0.25, 0.3) is 0 Å². The highest BCUT2D eigenvalue weighted by molar-refractivity contribution is 6.02. The summed E-state index contributed by atoms with van der Waals surface area (Å²) in [7, 11) is 8.68. The van der Waals surface area contributed by atoms with Crippen LogP contribution in [0.3, 0.4) is 0 Å². The maximum absolute atomic E-state index is 13.0. The minimum Gasteiger partial charge on any atom is -0.496 e. The van der Waals surface area contributed by atoms with Gasteiger partial charge in [0.1, 0.15) is 11.5 Å². The van der Waals surface area contributed by atoms with E-state index in [1.165, 1.54) is 7.11 Å².